The van der Waals surface area contributed by atoms with Gasteiger partial charge in [-0.05, 0) is 0 Å². The van der Waals surface area contributed by atoms with Crippen LogP contribution in [0.1, 0.15) is 0 Å². The lowest BCUT2D eigenvalue weighted by molar-refractivity contribution is -0.386. The Hall–Kier alpha value is -2.25. The predicted molar refractivity (Wildman–Crippen MR) is 49.3 cm³/mol. The number of aromatic hydroxyl groups is 1. The van der Waals surface area contributed by atoms with E-state index in [0.29, 0.717) is 12.1 Å². The number of nitrogens with zero attached hydrogens (tertiary/aromatic N) is 3. The van der Waals surface area contributed by atoms with Crippen LogP contribution in [-0.2, 0) is 10.1 Å². The smallest absolute Gasteiger partial charge is 0.434 e. The highest BCUT2D eigenvalue weighted by molar-refractivity contribution is 7.85. The number of diazo groups is 1. The van der Waals surface area contributed by atoms with Gasteiger partial charge in [-0.1, -0.05) is 0 Å². The molecule has 10 heteroatoms. The van der Waals surface area contributed by atoms with Crippen molar-refractivity contribution < 1.29 is 23.0 Å². The molecular weight excluding hydrogens is 242 g/mol. The van der Waals surface area contributed by atoms with Crippen molar-refractivity contribution in [1.82, 2.24) is 0 Å². The van der Waals surface area contributed by atoms with E-state index in [0.717, 1.165) is 0 Å². The first-order valence-electron chi connectivity index (χ1n) is 3.61. The molecule has 0 radical (unpaired) electrons. The highest BCUT2D eigenvalue weighted by atomic mass is 32.2. The van der Waals surface area contributed by atoms with E-state index in [1.165, 1.54) is 0 Å². The minimum Gasteiger partial charge on any atom is -0.496 e. The predicted octanol–water partition coefficient (Wildman–Crippen LogP) is 1.03. The minimum atomic E-state index is -4.69. The number of phenolic OH excluding ortho intramolecular Hbond substituents is 1. The summed E-state index contributed by atoms with van der Waals surface area (Å²) in [6.07, 6.45) is 0. The Morgan fingerprint density at radius 1 is 1.44 bits per heavy atom. The van der Waals surface area contributed by atoms with E-state index in [1.54, 1.807) is 0 Å². The molecule has 0 saturated carbocycles. The van der Waals surface area contributed by atoms with Crippen molar-refractivity contribution in [3.8, 4) is 5.75 Å². The SMILES string of the molecule is N#[N+]c1cc(S(=O)(=O)O)cc([N+](=O)[O-])c1O. The lowest BCUT2D eigenvalue weighted by Crippen LogP contribution is -1.99. The second-order valence-electron chi connectivity index (χ2n) is 2.64. The molecule has 0 spiro atoms. The first kappa shape index (κ1) is 11.8. The summed E-state index contributed by atoms with van der Waals surface area (Å²) >= 11 is 0. The number of benzene rings is 1. The Morgan fingerprint density at radius 2 is 2.00 bits per heavy atom. The van der Waals surface area contributed by atoms with E-state index in [2.05, 4.69) is 4.98 Å². The van der Waals surface area contributed by atoms with Gasteiger partial charge in [0.1, 0.15) is 4.90 Å². The molecular formula is C6H4N3O6S+. The van der Waals surface area contributed by atoms with Gasteiger partial charge in [-0.25, -0.2) is 0 Å². The fourth-order valence-corrected chi connectivity index (χ4v) is 1.46. The van der Waals surface area contributed by atoms with Crippen molar-refractivity contribution in [3.63, 3.8) is 0 Å². The second kappa shape index (κ2) is 3.72. The second-order valence-corrected chi connectivity index (χ2v) is 4.06. The fourth-order valence-electron chi connectivity index (χ4n) is 0.943. The zero-order chi connectivity index (χ0) is 12.5. The zero-order valence-electron chi connectivity index (χ0n) is 7.43. The molecule has 0 heterocycles. The molecule has 1 aromatic rings. The van der Waals surface area contributed by atoms with Crippen LogP contribution < -0.4 is 0 Å². The number of hydrogen-bond acceptors (Lipinski definition) is 6. The Morgan fingerprint density at radius 3 is 2.38 bits per heavy atom. The number of rotatable bonds is 2. The molecule has 84 valence electrons. The van der Waals surface area contributed by atoms with Crippen LogP contribution in [0.4, 0.5) is 11.4 Å². The first-order chi connectivity index (χ1) is 7.27. The molecule has 0 aromatic heterocycles. The molecule has 1 aromatic carbocycles. The lowest BCUT2D eigenvalue weighted by Gasteiger charge is -1.96. The van der Waals surface area contributed by atoms with Crippen molar-refractivity contribution in [2.45, 2.75) is 4.90 Å². The Bertz CT molecular complexity index is 601. The lowest BCUT2D eigenvalue weighted by atomic mass is 10.2. The Kier molecular flexibility index (Phi) is 2.75. The van der Waals surface area contributed by atoms with Crippen molar-refractivity contribution in [2.24, 2.45) is 0 Å². The summed E-state index contributed by atoms with van der Waals surface area (Å²) in [6.45, 7) is 0. The van der Waals surface area contributed by atoms with Crippen molar-refractivity contribution in [2.75, 3.05) is 0 Å². The van der Waals surface area contributed by atoms with E-state index in [4.69, 9.17) is 9.95 Å². The van der Waals surface area contributed by atoms with Crippen LogP contribution in [0.3, 0.4) is 0 Å². The van der Waals surface area contributed by atoms with Gasteiger partial charge in [0.15, 0.2) is 4.98 Å². The van der Waals surface area contributed by atoms with Crippen LogP contribution in [0.5, 0.6) is 5.75 Å². The van der Waals surface area contributed by atoms with Crippen molar-refractivity contribution >= 4 is 21.5 Å². The Labute approximate surface area is 88.5 Å². The van der Waals surface area contributed by atoms with Crippen molar-refractivity contribution in [3.05, 3.63) is 27.2 Å². The van der Waals surface area contributed by atoms with Gasteiger partial charge in [0.2, 0.25) is 5.39 Å². The molecule has 0 fully saturated rings. The van der Waals surface area contributed by atoms with Crippen LogP contribution in [0.25, 0.3) is 4.98 Å². The largest absolute Gasteiger partial charge is 0.496 e. The maximum absolute atomic E-state index is 10.7. The van der Waals surface area contributed by atoms with Crippen LogP contribution >= 0.6 is 0 Å². The number of hydrogen-bond donors (Lipinski definition) is 2. The molecule has 0 bridgehead atoms. The molecule has 2 N–H and O–H groups in total. The molecule has 0 saturated heterocycles. The highest BCUT2D eigenvalue weighted by Crippen LogP contribution is 2.38. The highest BCUT2D eigenvalue weighted by Gasteiger charge is 2.30. The third-order valence-corrected chi connectivity index (χ3v) is 2.48. The van der Waals surface area contributed by atoms with E-state index in [1.807, 2.05) is 0 Å². The van der Waals surface area contributed by atoms with Gasteiger partial charge in [-0.3, -0.25) is 14.7 Å². The van der Waals surface area contributed by atoms with Crippen molar-refractivity contribution in [1.29, 1.82) is 5.39 Å². The molecule has 0 aliphatic carbocycles. The minimum absolute atomic E-state index is 0.444. The van der Waals surface area contributed by atoms with E-state index >= 15 is 0 Å². The first-order valence-corrected chi connectivity index (χ1v) is 5.05. The summed E-state index contributed by atoms with van der Waals surface area (Å²) in [6, 6.07) is 1.02. The van der Waals surface area contributed by atoms with Crippen LogP contribution in [0.15, 0.2) is 17.0 Å². The summed E-state index contributed by atoms with van der Waals surface area (Å²) in [4.78, 5) is 10.9. The third-order valence-electron chi connectivity index (χ3n) is 1.65. The summed E-state index contributed by atoms with van der Waals surface area (Å²) in [7, 11) is -4.69. The summed E-state index contributed by atoms with van der Waals surface area (Å²) in [5.41, 5.74) is -1.73. The molecule has 16 heavy (non-hydrogen) atoms. The van der Waals surface area contributed by atoms with Crippen LogP contribution in [0, 0.1) is 15.5 Å². The monoisotopic (exact) mass is 246 g/mol. The molecule has 0 unspecified atom stereocenters. The maximum atomic E-state index is 10.7. The molecule has 0 amide bonds. The van der Waals surface area contributed by atoms with Gasteiger partial charge in [0, 0.05) is 6.07 Å². The van der Waals surface area contributed by atoms with Gasteiger partial charge < -0.3 is 5.11 Å². The molecule has 0 aliphatic heterocycles. The van der Waals surface area contributed by atoms with Gasteiger partial charge in [-0.2, -0.15) is 8.42 Å². The standard InChI is InChI=1S/C6H3N3O6S/c7-8-4-1-3(16(13,14)15)2-5(6(4)10)9(11)12/h1-2H,(H-,10,13,14,15)/p+1. The summed E-state index contributed by atoms with van der Waals surface area (Å²) in [5, 5.41) is 28.0. The average Bonchev–Trinajstić information content (AvgIpc) is 2.15. The average molecular weight is 246 g/mol. The summed E-state index contributed by atoms with van der Waals surface area (Å²) in [5.74, 6) is -1.00. The normalized spacial score (nSPS) is 10.8. The molecule has 0 atom stereocenters. The zero-order valence-corrected chi connectivity index (χ0v) is 8.25. The number of phenols is 1. The van der Waals surface area contributed by atoms with Gasteiger partial charge >= 0.3 is 11.4 Å². The van der Waals surface area contributed by atoms with Gasteiger partial charge in [-0.15, -0.1) is 0 Å². The van der Waals surface area contributed by atoms with Gasteiger partial charge in [0.25, 0.3) is 15.9 Å². The number of nitro groups is 1. The van der Waals surface area contributed by atoms with Crippen LogP contribution in [-0.4, -0.2) is 23.0 Å². The number of nitro benzene ring substituents is 1. The Balaban J connectivity index is 3.68. The van der Waals surface area contributed by atoms with E-state index in [9.17, 15) is 23.6 Å². The fraction of sp³-hybridized carbons (Fsp3) is 0. The van der Waals surface area contributed by atoms with E-state index in [-0.39, 0.29) is 0 Å². The topological polar surface area (TPSA) is 146 Å². The quantitative estimate of drug-likeness (QED) is 0.343. The summed E-state index contributed by atoms with van der Waals surface area (Å²) < 4.78 is 30.1. The molecule has 9 nitrogen and oxygen atoms in total. The molecule has 1 rings (SSSR count). The third kappa shape index (κ3) is 2.05. The van der Waals surface area contributed by atoms with Gasteiger partial charge in [0.05, 0.1) is 11.0 Å². The molecule has 0 aliphatic rings. The van der Waals surface area contributed by atoms with E-state index < -0.39 is 37.1 Å². The maximum Gasteiger partial charge on any atom is 0.434 e. The van der Waals surface area contributed by atoms with Crippen LogP contribution in [0.2, 0.25) is 0 Å².